The summed E-state index contributed by atoms with van der Waals surface area (Å²) in [4.78, 5) is 16.4. The van der Waals surface area contributed by atoms with Crippen LogP contribution >= 0.6 is 11.3 Å². The molecule has 2 amide bonds. The number of aromatic nitrogens is 3. The number of urea groups is 1. The van der Waals surface area contributed by atoms with Gasteiger partial charge >= 0.3 is 12.2 Å². The van der Waals surface area contributed by atoms with E-state index in [1.807, 2.05) is 39.0 Å². The summed E-state index contributed by atoms with van der Waals surface area (Å²) >= 11 is 0.224. The molecule has 11 heteroatoms. The summed E-state index contributed by atoms with van der Waals surface area (Å²) in [5.41, 5.74) is 0.989. The number of carbonyl (C=O) groups is 1. The molecule has 0 aliphatic rings. The predicted octanol–water partition coefficient (Wildman–Crippen LogP) is 5.69. The lowest BCUT2D eigenvalue weighted by Gasteiger charge is -2.22. The molecule has 0 saturated carbocycles. The lowest BCUT2D eigenvalue weighted by Crippen LogP contribution is -2.20. The summed E-state index contributed by atoms with van der Waals surface area (Å²) in [5, 5.41) is 9.63. The van der Waals surface area contributed by atoms with Crippen molar-refractivity contribution in [1.29, 1.82) is 0 Å². The summed E-state index contributed by atoms with van der Waals surface area (Å²) in [6.45, 7) is 6.12. The summed E-state index contributed by atoms with van der Waals surface area (Å²) in [5.74, 6) is 0.712. The molecule has 3 rings (SSSR count). The van der Waals surface area contributed by atoms with Crippen LogP contribution in [-0.4, -0.2) is 21.2 Å². The molecule has 0 aliphatic carbocycles. The number of nitrogens with one attached hydrogen (secondary N) is 2. The lowest BCUT2D eigenvalue weighted by atomic mass is 9.86. The van der Waals surface area contributed by atoms with Crippen molar-refractivity contribution in [3.8, 4) is 11.6 Å². The second kappa shape index (κ2) is 8.27. The van der Waals surface area contributed by atoms with E-state index in [9.17, 15) is 18.0 Å². The number of pyridine rings is 1. The third-order valence-electron chi connectivity index (χ3n) is 3.81. The van der Waals surface area contributed by atoms with E-state index in [-0.39, 0.29) is 33.5 Å². The van der Waals surface area contributed by atoms with Gasteiger partial charge < -0.3 is 10.1 Å². The first kappa shape index (κ1) is 21.5. The standard InChI is InChI=1S/C19H18F3N5O2S/c1-18(2,3)11-7-4-5-9-13(11)29-14-12(8-6-10-23-14)24-16(28)25-17-27-26-15(30-17)19(20,21)22/h4-10H,1-3H3,(H2,24,25,27,28). The quantitative estimate of drug-likeness (QED) is 0.548. The molecule has 1 aromatic carbocycles. The minimum Gasteiger partial charge on any atom is -0.437 e. The molecule has 0 unspecified atom stereocenters. The molecular formula is C19H18F3N5O2S. The number of halogens is 3. The molecule has 3 aromatic rings. The van der Waals surface area contributed by atoms with Gasteiger partial charge in [0.05, 0.1) is 0 Å². The molecule has 0 spiro atoms. The van der Waals surface area contributed by atoms with Gasteiger partial charge in [-0.2, -0.15) is 13.2 Å². The first-order valence-electron chi connectivity index (χ1n) is 8.75. The minimum absolute atomic E-state index is 0.137. The summed E-state index contributed by atoms with van der Waals surface area (Å²) in [6.07, 6.45) is -3.13. The van der Waals surface area contributed by atoms with Gasteiger partial charge in [0.15, 0.2) is 0 Å². The van der Waals surface area contributed by atoms with Gasteiger partial charge in [0, 0.05) is 11.8 Å². The third-order valence-corrected chi connectivity index (χ3v) is 4.69. The highest BCUT2D eigenvalue weighted by molar-refractivity contribution is 7.15. The van der Waals surface area contributed by atoms with E-state index in [4.69, 9.17) is 4.74 Å². The predicted molar refractivity (Wildman–Crippen MR) is 107 cm³/mol. The van der Waals surface area contributed by atoms with Gasteiger partial charge in [-0.3, -0.25) is 5.32 Å². The molecule has 2 N–H and O–H groups in total. The first-order valence-corrected chi connectivity index (χ1v) is 9.57. The number of rotatable bonds is 4. The number of anilines is 2. The van der Waals surface area contributed by atoms with Crippen LogP contribution < -0.4 is 15.4 Å². The van der Waals surface area contributed by atoms with Crippen LogP contribution in [0.3, 0.4) is 0 Å². The number of alkyl halides is 3. The number of amides is 2. The Kier molecular flexibility index (Phi) is 5.92. The van der Waals surface area contributed by atoms with Crippen LogP contribution in [0.2, 0.25) is 0 Å². The van der Waals surface area contributed by atoms with Crippen molar-refractivity contribution < 1.29 is 22.7 Å². The molecule has 7 nitrogen and oxygen atoms in total. The fourth-order valence-corrected chi connectivity index (χ4v) is 3.09. The number of nitrogens with zero attached hydrogens (tertiary/aromatic N) is 3. The highest BCUT2D eigenvalue weighted by Crippen LogP contribution is 2.36. The van der Waals surface area contributed by atoms with Crippen molar-refractivity contribution in [2.75, 3.05) is 10.6 Å². The normalized spacial score (nSPS) is 11.8. The maximum absolute atomic E-state index is 12.6. The third kappa shape index (κ3) is 5.23. The van der Waals surface area contributed by atoms with E-state index in [1.165, 1.54) is 6.20 Å². The molecule has 30 heavy (non-hydrogen) atoms. The monoisotopic (exact) mass is 437 g/mol. The van der Waals surface area contributed by atoms with Crippen molar-refractivity contribution >= 4 is 28.2 Å². The van der Waals surface area contributed by atoms with Crippen LogP contribution in [0.25, 0.3) is 0 Å². The average Bonchev–Trinajstić information content (AvgIpc) is 3.12. The molecule has 0 fully saturated rings. The molecule has 2 heterocycles. The number of hydrogen-bond acceptors (Lipinski definition) is 6. The van der Waals surface area contributed by atoms with Gasteiger partial charge in [-0.1, -0.05) is 50.3 Å². The molecule has 158 valence electrons. The largest absolute Gasteiger partial charge is 0.445 e. The number of hydrogen-bond donors (Lipinski definition) is 2. The van der Waals surface area contributed by atoms with E-state index in [2.05, 4.69) is 25.8 Å². The van der Waals surface area contributed by atoms with Gasteiger partial charge in [-0.05, 0) is 23.6 Å². The van der Waals surface area contributed by atoms with Crippen molar-refractivity contribution in [2.45, 2.75) is 32.4 Å². The SMILES string of the molecule is CC(C)(C)c1ccccc1Oc1ncccc1NC(=O)Nc1nnc(C(F)(F)F)s1. The van der Waals surface area contributed by atoms with Crippen LogP contribution in [0.1, 0.15) is 31.3 Å². The van der Waals surface area contributed by atoms with Gasteiger partial charge in [-0.25, -0.2) is 9.78 Å². The number of carbonyl (C=O) groups excluding carboxylic acids is 1. The summed E-state index contributed by atoms with van der Waals surface area (Å²) < 4.78 is 43.8. The van der Waals surface area contributed by atoms with Crippen LogP contribution in [0.5, 0.6) is 11.6 Å². The Hall–Kier alpha value is -3.21. The smallest absolute Gasteiger partial charge is 0.437 e. The van der Waals surface area contributed by atoms with Gasteiger partial charge in [0.25, 0.3) is 0 Å². The Morgan fingerprint density at radius 2 is 1.77 bits per heavy atom. The van der Waals surface area contributed by atoms with Crippen LogP contribution in [0.4, 0.5) is 28.8 Å². The molecule has 0 saturated heterocycles. The second-order valence-electron chi connectivity index (χ2n) is 7.19. The fourth-order valence-electron chi connectivity index (χ4n) is 2.49. The van der Waals surface area contributed by atoms with E-state index in [0.717, 1.165) is 5.56 Å². The topological polar surface area (TPSA) is 89.0 Å². The molecule has 0 atom stereocenters. The van der Waals surface area contributed by atoms with E-state index < -0.39 is 17.2 Å². The van der Waals surface area contributed by atoms with Crippen molar-refractivity contribution in [2.24, 2.45) is 0 Å². The Morgan fingerprint density at radius 3 is 2.43 bits per heavy atom. The number of benzene rings is 1. The summed E-state index contributed by atoms with van der Waals surface area (Å²) in [7, 11) is 0. The average molecular weight is 437 g/mol. The van der Waals surface area contributed by atoms with Gasteiger partial charge in [0.1, 0.15) is 11.4 Å². The number of ether oxygens (including phenoxy) is 1. The zero-order valence-electron chi connectivity index (χ0n) is 16.2. The first-order chi connectivity index (χ1) is 14.0. The van der Waals surface area contributed by atoms with Crippen molar-refractivity contribution in [3.05, 3.63) is 53.2 Å². The van der Waals surface area contributed by atoms with E-state index in [1.54, 1.807) is 18.2 Å². The van der Waals surface area contributed by atoms with Crippen molar-refractivity contribution in [3.63, 3.8) is 0 Å². The fraction of sp³-hybridized carbons (Fsp3) is 0.263. The lowest BCUT2D eigenvalue weighted by molar-refractivity contribution is -0.138. The minimum atomic E-state index is -4.63. The number of para-hydroxylation sites is 1. The Balaban J connectivity index is 1.76. The molecule has 2 aromatic heterocycles. The molecule has 0 radical (unpaired) electrons. The Labute approximate surface area is 174 Å². The molecular weight excluding hydrogens is 419 g/mol. The van der Waals surface area contributed by atoms with Gasteiger partial charge in [-0.15, -0.1) is 10.2 Å². The van der Waals surface area contributed by atoms with Crippen LogP contribution in [0.15, 0.2) is 42.6 Å². The second-order valence-corrected chi connectivity index (χ2v) is 8.17. The highest BCUT2D eigenvalue weighted by Gasteiger charge is 2.35. The van der Waals surface area contributed by atoms with Crippen LogP contribution in [-0.2, 0) is 11.6 Å². The maximum Gasteiger partial charge on any atom is 0.445 e. The van der Waals surface area contributed by atoms with E-state index in [0.29, 0.717) is 5.75 Å². The zero-order valence-corrected chi connectivity index (χ0v) is 17.1. The Morgan fingerprint density at radius 1 is 1.03 bits per heavy atom. The van der Waals surface area contributed by atoms with Crippen molar-refractivity contribution in [1.82, 2.24) is 15.2 Å². The van der Waals surface area contributed by atoms with Crippen LogP contribution in [0, 0.1) is 0 Å². The maximum atomic E-state index is 12.6. The Bertz CT molecular complexity index is 1050. The molecule has 0 bridgehead atoms. The van der Waals surface area contributed by atoms with E-state index >= 15 is 0 Å². The molecule has 0 aliphatic heterocycles. The highest BCUT2D eigenvalue weighted by atomic mass is 32.1. The zero-order chi connectivity index (χ0) is 21.9. The van der Waals surface area contributed by atoms with Gasteiger partial charge in [0.2, 0.25) is 16.0 Å². The summed E-state index contributed by atoms with van der Waals surface area (Å²) in [6, 6.07) is 9.79.